The molecule has 1 fully saturated rings. The third-order valence-corrected chi connectivity index (χ3v) is 3.68. The van der Waals surface area contributed by atoms with Gasteiger partial charge in [-0.2, -0.15) is 0 Å². The number of hydrogen-bond donors (Lipinski definition) is 1. The van der Waals surface area contributed by atoms with Crippen molar-refractivity contribution < 1.29 is 9.59 Å². The minimum atomic E-state index is -0.167. The number of hydrogen-bond acceptors (Lipinski definition) is 2. The number of carbonyl (C=O) groups is 2. The highest BCUT2D eigenvalue weighted by Crippen LogP contribution is 2.16. The van der Waals surface area contributed by atoms with Crippen LogP contribution in [0.1, 0.15) is 38.7 Å². The van der Waals surface area contributed by atoms with Gasteiger partial charge in [0, 0.05) is 19.0 Å². The van der Waals surface area contributed by atoms with Gasteiger partial charge in [-0.05, 0) is 30.4 Å². The van der Waals surface area contributed by atoms with Crippen molar-refractivity contribution in [3.8, 4) is 0 Å². The second kappa shape index (κ2) is 7.78. The first-order chi connectivity index (χ1) is 10.6. The van der Waals surface area contributed by atoms with Crippen LogP contribution in [-0.4, -0.2) is 29.4 Å². The molecule has 0 radical (unpaired) electrons. The number of rotatable bonds is 5. The Balaban J connectivity index is 1.93. The molecule has 2 amide bonds. The van der Waals surface area contributed by atoms with Gasteiger partial charge in [0.25, 0.3) is 0 Å². The van der Waals surface area contributed by atoms with Gasteiger partial charge in [-0.25, -0.2) is 0 Å². The van der Waals surface area contributed by atoms with E-state index in [1.54, 1.807) is 11.0 Å². The summed E-state index contributed by atoms with van der Waals surface area (Å²) in [5.74, 6) is 0.298. The molecule has 1 N–H and O–H groups in total. The fraction of sp³-hybridized carbons (Fsp3) is 0.444. The molecule has 0 saturated carbocycles. The fourth-order valence-corrected chi connectivity index (χ4v) is 2.62. The average Bonchev–Trinajstić information content (AvgIpc) is 2.93. The Bertz CT molecular complexity index is 537. The lowest BCUT2D eigenvalue weighted by Gasteiger charge is -2.24. The minimum absolute atomic E-state index is 0.0201. The molecular weight excluding hydrogens is 276 g/mol. The van der Waals surface area contributed by atoms with Crippen molar-refractivity contribution in [2.24, 2.45) is 5.92 Å². The molecule has 0 bridgehead atoms. The summed E-state index contributed by atoms with van der Waals surface area (Å²) < 4.78 is 0. The van der Waals surface area contributed by atoms with E-state index in [0.29, 0.717) is 18.9 Å². The molecule has 4 heteroatoms. The molecule has 4 nitrogen and oxygen atoms in total. The van der Waals surface area contributed by atoms with Gasteiger partial charge in [0.05, 0.1) is 0 Å². The zero-order valence-electron chi connectivity index (χ0n) is 13.3. The lowest BCUT2D eigenvalue weighted by Crippen LogP contribution is -2.46. The van der Waals surface area contributed by atoms with Gasteiger partial charge in [0.15, 0.2) is 0 Å². The van der Waals surface area contributed by atoms with Gasteiger partial charge < -0.3 is 10.2 Å². The topological polar surface area (TPSA) is 49.4 Å². The van der Waals surface area contributed by atoms with Crippen LogP contribution in [-0.2, 0) is 9.59 Å². The zero-order valence-corrected chi connectivity index (χ0v) is 13.3. The average molecular weight is 300 g/mol. The van der Waals surface area contributed by atoms with E-state index in [9.17, 15) is 9.59 Å². The van der Waals surface area contributed by atoms with Crippen LogP contribution in [0.15, 0.2) is 36.4 Å². The molecular formula is C18H24N2O2. The Morgan fingerprint density at radius 2 is 2.05 bits per heavy atom. The van der Waals surface area contributed by atoms with Crippen LogP contribution in [0.4, 0.5) is 0 Å². The quantitative estimate of drug-likeness (QED) is 0.850. The standard InChI is InChI=1S/C18H24N2O2/c1-14(2)13-17(21)19-16-9-6-12-20(16)18(22)11-10-15-7-4-3-5-8-15/h3-5,7-8,10-11,14,16H,6,9,12-13H2,1-2H3,(H,19,21)/b11-10+/t16-/m1/s1. The lowest BCUT2D eigenvalue weighted by atomic mass is 10.1. The molecule has 0 aromatic heterocycles. The first-order valence-corrected chi connectivity index (χ1v) is 7.89. The maximum atomic E-state index is 12.3. The van der Waals surface area contributed by atoms with Crippen LogP contribution in [0.3, 0.4) is 0 Å². The van der Waals surface area contributed by atoms with Crippen molar-refractivity contribution in [1.29, 1.82) is 0 Å². The Labute approximate surface area is 132 Å². The summed E-state index contributed by atoms with van der Waals surface area (Å²) in [7, 11) is 0. The molecule has 1 atom stereocenters. The third kappa shape index (κ3) is 4.72. The van der Waals surface area contributed by atoms with Crippen LogP contribution >= 0.6 is 0 Å². The van der Waals surface area contributed by atoms with Crippen LogP contribution in [0.2, 0.25) is 0 Å². The van der Waals surface area contributed by atoms with Crippen molar-refractivity contribution in [3.05, 3.63) is 42.0 Å². The van der Waals surface area contributed by atoms with Gasteiger partial charge in [-0.15, -0.1) is 0 Å². The maximum Gasteiger partial charge on any atom is 0.248 e. The van der Waals surface area contributed by atoms with Crippen molar-refractivity contribution in [2.45, 2.75) is 39.3 Å². The normalized spacial score (nSPS) is 18.1. The van der Waals surface area contributed by atoms with Crippen LogP contribution in [0, 0.1) is 5.92 Å². The third-order valence-electron chi connectivity index (χ3n) is 3.68. The molecule has 0 aliphatic carbocycles. The van der Waals surface area contributed by atoms with Crippen molar-refractivity contribution in [1.82, 2.24) is 10.2 Å². The Morgan fingerprint density at radius 3 is 2.73 bits per heavy atom. The second-order valence-corrected chi connectivity index (χ2v) is 6.10. The Kier molecular flexibility index (Phi) is 5.75. The molecule has 0 unspecified atom stereocenters. The van der Waals surface area contributed by atoms with Gasteiger partial charge in [-0.3, -0.25) is 9.59 Å². The minimum Gasteiger partial charge on any atom is -0.336 e. The summed E-state index contributed by atoms with van der Waals surface area (Å²) in [6.45, 7) is 4.73. The zero-order chi connectivity index (χ0) is 15.9. The second-order valence-electron chi connectivity index (χ2n) is 6.10. The van der Waals surface area contributed by atoms with E-state index in [2.05, 4.69) is 5.32 Å². The first-order valence-electron chi connectivity index (χ1n) is 7.89. The van der Waals surface area contributed by atoms with Gasteiger partial charge >= 0.3 is 0 Å². The molecule has 118 valence electrons. The number of amides is 2. The number of nitrogens with one attached hydrogen (secondary N) is 1. The number of carbonyl (C=O) groups excluding carboxylic acids is 2. The predicted octanol–water partition coefficient (Wildman–Crippen LogP) is 2.81. The highest BCUT2D eigenvalue weighted by Gasteiger charge is 2.28. The SMILES string of the molecule is CC(C)CC(=O)N[C@H]1CCCN1C(=O)/C=C/c1ccccc1. The largest absolute Gasteiger partial charge is 0.336 e. The molecule has 1 aliphatic heterocycles. The van der Waals surface area contributed by atoms with Crippen molar-refractivity contribution in [2.75, 3.05) is 6.54 Å². The van der Waals surface area contributed by atoms with Crippen LogP contribution < -0.4 is 5.32 Å². The number of likely N-dealkylation sites (tertiary alicyclic amines) is 1. The molecule has 1 aromatic rings. The Hall–Kier alpha value is -2.10. The molecule has 22 heavy (non-hydrogen) atoms. The highest BCUT2D eigenvalue weighted by atomic mass is 16.2. The summed E-state index contributed by atoms with van der Waals surface area (Å²) in [5.41, 5.74) is 0.996. The Morgan fingerprint density at radius 1 is 1.32 bits per heavy atom. The highest BCUT2D eigenvalue weighted by molar-refractivity contribution is 5.92. The number of nitrogens with zero attached hydrogens (tertiary/aromatic N) is 1. The molecule has 0 spiro atoms. The van der Waals surface area contributed by atoms with Gasteiger partial charge in [-0.1, -0.05) is 44.2 Å². The number of benzene rings is 1. The van der Waals surface area contributed by atoms with Crippen molar-refractivity contribution >= 4 is 17.9 Å². The summed E-state index contributed by atoms with van der Waals surface area (Å²) in [4.78, 5) is 26.0. The summed E-state index contributed by atoms with van der Waals surface area (Å²) in [6.07, 6.45) is 5.49. The molecule has 1 heterocycles. The van der Waals surface area contributed by atoms with Crippen LogP contribution in [0.25, 0.3) is 6.08 Å². The monoisotopic (exact) mass is 300 g/mol. The summed E-state index contributed by atoms with van der Waals surface area (Å²) in [6, 6.07) is 9.73. The van der Waals surface area contributed by atoms with Gasteiger partial charge in [0.2, 0.25) is 11.8 Å². The van der Waals surface area contributed by atoms with E-state index in [4.69, 9.17) is 0 Å². The predicted molar refractivity (Wildman–Crippen MR) is 87.8 cm³/mol. The van der Waals surface area contributed by atoms with E-state index in [1.165, 1.54) is 0 Å². The van der Waals surface area contributed by atoms with E-state index >= 15 is 0 Å². The smallest absolute Gasteiger partial charge is 0.248 e. The van der Waals surface area contributed by atoms with E-state index < -0.39 is 0 Å². The molecule has 1 aliphatic rings. The van der Waals surface area contributed by atoms with Crippen LogP contribution in [0.5, 0.6) is 0 Å². The molecule has 1 saturated heterocycles. The fourth-order valence-electron chi connectivity index (χ4n) is 2.62. The lowest BCUT2D eigenvalue weighted by molar-refractivity contribution is -0.129. The summed E-state index contributed by atoms with van der Waals surface area (Å²) >= 11 is 0. The van der Waals surface area contributed by atoms with E-state index in [-0.39, 0.29) is 18.0 Å². The van der Waals surface area contributed by atoms with Gasteiger partial charge in [0.1, 0.15) is 6.17 Å². The van der Waals surface area contributed by atoms with E-state index in [0.717, 1.165) is 18.4 Å². The summed E-state index contributed by atoms with van der Waals surface area (Å²) in [5, 5.41) is 2.97. The molecule has 2 rings (SSSR count). The maximum absolute atomic E-state index is 12.3. The van der Waals surface area contributed by atoms with Crippen molar-refractivity contribution in [3.63, 3.8) is 0 Å². The first kappa shape index (κ1) is 16.3. The van der Waals surface area contributed by atoms with E-state index in [1.807, 2.05) is 50.3 Å². The molecule has 1 aromatic carbocycles.